The molecule has 3 atom stereocenters. The van der Waals surface area contributed by atoms with E-state index in [9.17, 15) is 0 Å². The van der Waals surface area contributed by atoms with Gasteiger partial charge < -0.3 is 10.1 Å². The largest absolute Gasteiger partial charge is 0.373 e. The van der Waals surface area contributed by atoms with Gasteiger partial charge in [0.2, 0.25) is 0 Å². The smallest absolute Gasteiger partial charge is 0.0733 e. The number of ether oxygens (including phenoxy) is 1. The van der Waals surface area contributed by atoms with Crippen molar-refractivity contribution < 1.29 is 4.74 Å². The lowest BCUT2D eigenvalue weighted by atomic mass is 9.95. The summed E-state index contributed by atoms with van der Waals surface area (Å²) in [4.78, 5) is 0. The molecule has 16 heavy (non-hydrogen) atoms. The van der Waals surface area contributed by atoms with E-state index < -0.39 is 0 Å². The summed E-state index contributed by atoms with van der Waals surface area (Å²) >= 11 is 3.58. The maximum Gasteiger partial charge on any atom is 0.0733 e. The summed E-state index contributed by atoms with van der Waals surface area (Å²) in [5.41, 5.74) is 1.32. The maximum absolute atomic E-state index is 5.83. The van der Waals surface area contributed by atoms with Gasteiger partial charge in [0.15, 0.2) is 0 Å². The van der Waals surface area contributed by atoms with Gasteiger partial charge in [0, 0.05) is 17.1 Å². The van der Waals surface area contributed by atoms with Crippen LogP contribution in [-0.4, -0.2) is 18.2 Å². The first-order valence-corrected chi connectivity index (χ1v) is 6.74. The fraction of sp³-hybridized carbons (Fsp3) is 0.538. The Morgan fingerprint density at radius 3 is 2.88 bits per heavy atom. The van der Waals surface area contributed by atoms with Gasteiger partial charge in [-0.2, -0.15) is 0 Å². The predicted molar refractivity (Wildman–Crippen MR) is 67.3 cm³/mol. The number of benzene rings is 1. The zero-order valence-electron chi connectivity index (χ0n) is 9.16. The Morgan fingerprint density at radius 1 is 1.31 bits per heavy atom. The van der Waals surface area contributed by atoms with Crippen LogP contribution in [-0.2, 0) is 11.3 Å². The van der Waals surface area contributed by atoms with Crippen LogP contribution in [0.15, 0.2) is 28.7 Å². The summed E-state index contributed by atoms with van der Waals surface area (Å²) in [7, 11) is 0. The highest BCUT2D eigenvalue weighted by Crippen LogP contribution is 2.34. The second-order valence-electron chi connectivity index (χ2n) is 4.69. The molecular formula is C13H16BrNO. The van der Waals surface area contributed by atoms with Crippen molar-refractivity contribution in [2.45, 2.75) is 44.1 Å². The average Bonchev–Trinajstić information content (AvgIpc) is 2.90. The van der Waals surface area contributed by atoms with E-state index in [2.05, 4.69) is 39.4 Å². The summed E-state index contributed by atoms with van der Waals surface area (Å²) in [5, 5.41) is 3.62. The topological polar surface area (TPSA) is 21.3 Å². The molecule has 3 heteroatoms. The third-order valence-corrected chi connectivity index (χ3v) is 4.39. The molecule has 2 bridgehead atoms. The van der Waals surface area contributed by atoms with Crippen LogP contribution in [0.25, 0.3) is 0 Å². The van der Waals surface area contributed by atoms with Gasteiger partial charge in [0.25, 0.3) is 0 Å². The number of rotatable bonds is 3. The lowest BCUT2D eigenvalue weighted by molar-refractivity contribution is 0.0973. The number of hydrogen-bond donors (Lipinski definition) is 1. The molecule has 3 unspecified atom stereocenters. The van der Waals surface area contributed by atoms with Crippen molar-refractivity contribution in [2.75, 3.05) is 0 Å². The molecule has 0 saturated carbocycles. The minimum atomic E-state index is 0.465. The van der Waals surface area contributed by atoms with Crippen LogP contribution in [0, 0.1) is 0 Å². The molecule has 3 rings (SSSR count). The molecule has 1 N–H and O–H groups in total. The van der Waals surface area contributed by atoms with Crippen LogP contribution in [0.2, 0.25) is 0 Å². The van der Waals surface area contributed by atoms with Gasteiger partial charge in [0.1, 0.15) is 0 Å². The van der Waals surface area contributed by atoms with E-state index in [0.717, 1.165) is 6.54 Å². The van der Waals surface area contributed by atoms with Crippen molar-refractivity contribution in [3.63, 3.8) is 0 Å². The highest BCUT2D eigenvalue weighted by molar-refractivity contribution is 9.10. The summed E-state index contributed by atoms with van der Waals surface area (Å²) in [6.45, 7) is 0.929. The number of halogens is 1. The normalized spacial score (nSPS) is 32.2. The SMILES string of the molecule is Brc1ccccc1CNC1CC2CCC1O2. The summed E-state index contributed by atoms with van der Waals surface area (Å²) < 4.78 is 7.02. The van der Waals surface area contributed by atoms with E-state index in [1.54, 1.807) is 0 Å². The Hall–Kier alpha value is -0.380. The summed E-state index contributed by atoms with van der Waals surface area (Å²) in [6.07, 6.45) is 4.68. The lowest BCUT2D eigenvalue weighted by Gasteiger charge is -2.20. The molecule has 0 aliphatic carbocycles. The molecule has 0 aromatic heterocycles. The summed E-state index contributed by atoms with van der Waals surface area (Å²) in [5.74, 6) is 0. The Labute approximate surface area is 105 Å². The second kappa shape index (κ2) is 4.47. The van der Waals surface area contributed by atoms with Gasteiger partial charge in [-0.25, -0.2) is 0 Å². The van der Waals surface area contributed by atoms with Gasteiger partial charge in [0.05, 0.1) is 12.2 Å². The molecule has 0 amide bonds. The Kier molecular flexibility index (Phi) is 3.01. The van der Waals surface area contributed by atoms with Crippen molar-refractivity contribution >= 4 is 15.9 Å². The van der Waals surface area contributed by atoms with E-state index >= 15 is 0 Å². The van der Waals surface area contributed by atoms with Gasteiger partial charge >= 0.3 is 0 Å². The molecule has 2 aliphatic rings. The van der Waals surface area contributed by atoms with E-state index in [1.807, 2.05) is 6.07 Å². The molecule has 2 heterocycles. The second-order valence-corrected chi connectivity index (χ2v) is 5.54. The monoisotopic (exact) mass is 281 g/mol. The average molecular weight is 282 g/mol. The molecule has 2 aliphatic heterocycles. The Bertz CT molecular complexity index is 382. The molecule has 1 aromatic carbocycles. The molecular weight excluding hydrogens is 266 g/mol. The fourth-order valence-corrected chi connectivity index (χ4v) is 3.16. The third-order valence-electron chi connectivity index (χ3n) is 3.62. The minimum absolute atomic E-state index is 0.465. The van der Waals surface area contributed by atoms with Crippen LogP contribution in [0.1, 0.15) is 24.8 Å². The van der Waals surface area contributed by atoms with Crippen molar-refractivity contribution in [3.05, 3.63) is 34.3 Å². The molecule has 2 fully saturated rings. The van der Waals surface area contributed by atoms with Gasteiger partial charge in [-0.15, -0.1) is 0 Å². The van der Waals surface area contributed by atoms with Crippen molar-refractivity contribution in [2.24, 2.45) is 0 Å². The first-order valence-electron chi connectivity index (χ1n) is 5.95. The minimum Gasteiger partial charge on any atom is -0.373 e. The van der Waals surface area contributed by atoms with Crippen molar-refractivity contribution in [1.82, 2.24) is 5.32 Å². The first-order chi connectivity index (χ1) is 7.83. The zero-order chi connectivity index (χ0) is 11.0. The van der Waals surface area contributed by atoms with Gasteiger partial charge in [-0.1, -0.05) is 34.1 Å². The number of fused-ring (bicyclic) bond motifs is 2. The van der Waals surface area contributed by atoms with E-state index in [-0.39, 0.29) is 0 Å². The van der Waals surface area contributed by atoms with Crippen LogP contribution in [0.4, 0.5) is 0 Å². The van der Waals surface area contributed by atoms with Crippen LogP contribution in [0.5, 0.6) is 0 Å². The van der Waals surface area contributed by atoms with Crippen LogP contribution < -0.4 is 5.32 Å². The van der Waals surface area contributed by atoms with E-state index in [4.69, 9.17) is 4.74 Å². The van der Waals surface area contributed by atoms with E-state index in [0.29, 0.717) is 18.2 Å². The van der Waals surface area contributed by atoms with Gasteiger partial charge in [-0.3, -0.25) is 0 Å². The fourth-order valence-electron chi connectivity index (χ4n) is 2.74. The van der Waals surface area contributed by atoms with Crippen molar-refractivity contribution in [3.8, 4) is 0 Å². The molecule has 86 valence electrons. The van der Waals surface area contributed by atoms with E-state index in [1.165, 1.54) is 29.3 Å². The van der Waals surface area contributed by atoms with Gasteiger partial charge in [-0.05, 0) is 30.9 Å². The molecule has 1 aromatic rings. The summed E-state index contributed by atoms with van der Waals surface area (Å²) in [6, 6.07) is 8.94. The maximum atomic E-state index is 5.83. The molecule has 2 saturated heterocycles. The Balaban J connectivity index is 1.59. The first kappa shape index (κ1) is 10.8. The standard InChI is InChI=1S/C13H16BrNO/c14-11-4-2-1-3-9(11)8-15-12-7-10-5-6-13(12)16-10/h1-4,10,12-13,15H,5-8H2. The molecule has 0 radical (unpaired) electrons. The molecule has 0 spiro atoms. The predicted octanol–water partition coefficient (Wildman–Crippen LogP) is 2.86. The quantitative estimate of drug-likeness (QED) is 0.920. The van der Waals surface area contributed by atoms with Crippen LogP contribution in [0.3, 0.4) is 0 Å². The van der Waals surface area contributed by atoms with Crippen LogP contribution >= 0.6 is 15.9 Å². The highest BCUT2D eigenvalue weighted by Gasteiger charge is 2.40. The third kappa shape index (κ3) is 2.04. The molecule has 2 nitrogen and oxygen atoms in total. The number of nitrogens with one attached hydrogen (secondary N) is 1. The van der Waals surface area contributed by atoms with Crippen molar-refractivity contribution in [1.29, 1.82) is 0 Å². The zero-order valence-corrected chi connectivity index (χ0v) is 10.7. The number of hydrogen-bond acceptors (Lipinski definition) is 2. The lowest BCUT2D eigenvalue weighted by Crippen LogP contribution is -2.37. The highest BCUT2D eigenvalue weighted by atomic mass is 79.9. The Morgan fingerprint density at radius 2 is 2.19 bits per heavy atom.